The van der Waals surface area contributed by atoms with Gasteiger partial charge in [-0.15, -0.1) is 6.58 Å². The van der Waals surface area contributed by atoms with E-state index >= 15 is 0 Å². The van der Waals surface area contributed by atoms with Gasteiger partial charge in [-0.05, 0) is 24.1 Å². The number of rotatable bonds is 6. The van der Waals surface area contributed by atoms with Crippen LogP contribution in [0.25, 0.3) is 0 Å². The van der Waals surface area contributed by atoms with Crippen molar-refractivity contribution in [1.82, 2.24) is 4.90 Å². The van der Waals surface area contributed by atoms with Crippen molar-refractivity contribution in [3.8, 4) is 0 Å². The molecule has 2 fully saturated rings. The van der Waals surface area contributed by atoms with Crippen LogP contribution in [0.15, 0.2) is 73.3 Å². The molecule has 142 valence electrons. The lowest BCUT2D eigenvalue weighted by molar-refractivity contribution is -0.126. The summed E-state index contributed by atoms with van der Waals surface area (Å²) >= 11 is 0. The van der Waals surface area contributed by atoms with E-state index in [9.17, 15) is 14.4 Å². The number of anilines is 1. The number of amides is 2. The van der Waals surface area contributed by atoms with E-state index in [1.807, 2.05) is 41.3 Å². The first-order chi connectivity index (χ1) is 13.7. The molecule has 0 N–H and O–H groups in total. The van der Waals surface area contributed by atoms with E-state index in [0.717, 1.165) is 18.3 Å². The van der Waals surface area contributed by atoms with Crippen LogP contribution in [-0.2, 0) is 20.8 Å². The van der Waals surface area contributed by atoms with Crippen molar-refractivity contribution >= 4 is 23.8 Å². The largest absolute Gasteiger partial charge is 0.302 e. The molecule has 2 aromatic rings. The third-order valence-corrected chi connectivity index (χ3v) is 5.80. The highest BCUT2D eigenvalue weighted by molar-refractivity contribution is 6.23. The zero-order valence-electron chi connectivity index (χ0n) is 15.5. The Morgan fingerprint density at radius 3 is 2.00 bits per heavy atom. The molecule has 0 saturated carbocycles. The summed E-state index contributed by atoms with van der Waals surface area (Å²) < 4.78 is 0. The molecule has 28 heavy (non-hydrogen) atoms. The fourth-order valence-corrected chi connectivity index (χ4v) is 4.52. The smallest absolute Gasteiger partial charge is 0.239 e. The van der Waals surface area contributed by atoms with E-state index in [0.29, 0.717) is 12.2 Å². The molecule has 4 rings (SSSR count). The van der Waals surface area contributed by atoms with Crippen molar-refractivity contribution in [2.75, 3.05) is 11.4 Å². The van der Waals surface area contributed by atoms with E-state index in [2.05, 4.69) is 6.58 Å². The van der Waals surface area contributed by atoms with Gasteiger partial charge in [-0.1, -0.05) is 54.6 Å². The molecule has 0 aromatic heterocycles. The van der Waals surface area contributed by atoms with Gasteiger partial charge in [0.15, 0.2) is 0 Å². The van der Waals surface area contributed by atoms with Crippen LogP contribution in [0.5, 0.6) is 0 Å². The molecule has 0 bridgehead atoms. The first kappa shape index (κ1) is 18.3. The second kappa shape index (κ2) is 7.52. The first-order valence-electron chi connectivity index (χ1n) is 9.47. The van der Waals surface area contributed by atoms with Crippen LogP contribution >= 0.6 is 0 Å². The Hall–Kier alpha value is -3.05. The van der Waals surface area contributed by atoms with E-state index in [1.165, 1.54) is 4.90 Å². The van der Waals surface area contributed by atoms with Crippen LogP contribution in [0, 0.1) is 11.8 Å². The minimum atomic E-state index is -0.663. The summed E-state index contributed by atoms with van der Waals surface area (Å²) in [5, 5.41) is 0. The monoisotopic (exact) mass is 374 g/mol. The van der Waals surface area contributed by atoms with E-state index in [4.69, 9.17) is 0 Å². The van der Waals surface area contributed by atoms with Crippen molar-refractivity contribution in [2.45, 2.75) is 18.5 Å². The maximum absolute atomic E-state index is 13.2. The number of hydrogen-bond donors (Lipinski definition) is 0. The number of nitrogens with zero attached hydrogens (tertiary/aromatic N) is 2. The normalized spacial score (nSPS) is 27.1. The number of hydrogen-bond acceptors (Lipinski definition) is 4. The van der Waals surface area contributed by atoms with Crippen molar-refractivity contribution in [1.29, 1.82) is 0 Å². The molecule has 0 radical (unpaired) electrons. The molecule has 2 aromatic carbocycles. The number of carbonyl (C=O) groups is 3. The number of carbonyl (C=O) groups excluding carboxylic acids is 3. The topological polar surface area (TPSA) is 57.7 Å². The lowest BCUT2D eigenvalue weighted by atomic mass is 9.90. The summed E-state index contributed by atoms with van der Waals surface area (Å²) in [6.45, 7) is 4.48. The Morgan fingerprint density at radius 2 is 1.43 bits per heavy atom. The SMILES string of the molecule is C=CC1[C@@H]2C(=O)N(c3ccccc3)C(=O)[C@@H]2[C@@H](C=O)N1CCc1ccccc1. The molecule has 4 atom stereocenters. The zero-order valence-corrected chi connectivity index (χ0v) is 15.5. The van der Waals surface area contributed by atoms with Gasteiger partial charge in [-0.3, -0.25) is 14.5 Å². The van der Waals surface area contributed by atoms with Gasteiger partial charge in [0.05, 0.1) is 23.6 Å². The highest BCUT2D eigenvalue weighted by Crippen LogP contribution is 2.43. The second-order valence-electron chi connectivity index (χ2n) is 7.23. The fraction of sp³-hybridized carbons (Fsp3) is 0.261. The van der Waals surface area contributed by atoms with Crippen molar-refractivity contribution in [3.05, 3.63) is 78.9 Å². The van der Waals surface area contributed by atoms with Gasteiger partial charge in [-0.2, -0.15) is 0 Å². The Kier molecular flexibility index (Phi) is 4.92. The number of para-hydroxylation sites is 1. The molecule has 2 amide bonds. The molecular formula is C23H22N2O3. The standard InChI is InChI=1S/C23H22N2O3/c1-2-18-20-21(23(28)25(22(20)27)17-11-7-4-8-12-17)19(15-26)24(18)14-13-16-9-5-3-6-10-16/h2-12,15,18-21H,1,13-14H2/t18?,19-,20+,21-/m1/s1. The molecule has 5 nitrogen and oxygen atoms in total. The third kappa shape index (κ3) is 2.88. The van der Waals surface area contributed by atoms with Crippen LogP contribution < -0.4 is 4.90 Å². The predicted octanol–water partition coefficient (Wildman–Crippen LogP) is 2.47. The first-order valence-corrected chi connectivity index (χ1v) is 9.47. The van der Waals surface area contributed by atoms with Gasteiger partial charge >= 0.3 is 0 Å². The average molecular weight is 374 g/mol. The number of fused-ring (bicyclic) bond motifs is 1. The molecule has 2 aliphatic rings. The van der Waals surface area contributed by atoms with Crippen LogP contribution in [0.1, 0.15) is 5.56 Å². The average Bonchev–Trinajstić information content (AvgIpc) is 3.19. The highest BCUT2D eigenvalue weighted by atomic mass is 16.2. The van der Waals surface area contributed by atoms with Crippen LogP contribution in [0.2, 0.25) is 0 Å². The summed E-state index contributed by atoms with van der Waals surface area (Å²) in [6.07, 6.45) is 3.25. The highest BCUT2D eigenvalue weighted by Gasteiger charge is 2.61. The zero-order chi connectivity index (χ0) is 19.7. The van der Waals surface area contributed by atoms with Crippen LogP contribution in [0.4, 0.5) is 5.69 Å². The Morgan fingerprint density at radius 1 is 0.857 bits per heavy atom. The molecular weight excluding hydrogens is 352 g/mol. The number of aldehydes is 1. The predicted molar refractivity (Wildman–Crippen MR) is 107 cm³/mol. The van der Waals surface area contributed by atoms with Crippen molar-refractivity contribution in [2.24, 2.45) is 11.8 Å². The van der Waals surface area contributed by atoms with E-state index < -0.39 is 17.9 Å². The maximum atomic E-state index is 13.2. The van der Waals surface area contributed by atoms with Gasteiger partial charge in [0.25, 0.3) is 0 Å². The third-order valence-electron chi connectivity index (χ3n) is 5.80. The number of likely N-dealkylation sites (tertiary alicyclic amines) is 1. The Bertz CT molecular complexity index is 863. The molecule has 1 unspecified atom stereocenters. The number of benzene rings is 2. The van der Waals surface area contributed by atoms with Gasteiger partial charge in [0, 0.05) is 12.6 Å². The molecule has 2 saturated heterocycles. The van der Waals surface area contributed by atoms with Crippen molar-refractivity contribution in [3.63, 3.8) is 0 Å². The molecule has 2 aliphatic heterocycles. The minimum Gasteiger partial charge on any atom is -0.302 e. The molecule has 2 heterocycles. The fourth-order valence-electron chi connectivity index (χ4n) is 4.52. The summed E-state index contributed by atoms with van der Waals surface area (Å²) in [5.41, 5.74) is 1.70. The van der Waals surface area contributed by atoms with Gasteiger partial charge in [0.1, 0.15) is 6.29 Å². The van der Waals surface area contributed by atoms with Crippen LogP contribution in [0.3, 0.4) is 0 Å². The van der Waals surface area contributed by atoms with Gasteiger partial charge in [0.2, 0.25) is 11.8 Å². The lowest BCUT2D eigenvalue weighted by Crippen LogP contribution is -2.45. The molecule has 0 aliphatic carbocycles. The Balaban J connectivity index is 1.62. The van der Waals surface area contributed by atoms with Gasteiger partial charge < -0.3 is 4.79 Å². The molecule has 5 heteroatoms. The minimum absolute atomic E-state index is 0.250. The lowest BCUT2D eigenvalue weighted by Gasteiger charge is -2.29. The van der Waals surface area contributed by atoms with Crippen LogP contribution in [-0.4, -0.2) is 41.6 Å². The van der Waals surface area contributed by atoms with Gasteiger partial charge in [-0.25, -0.2) is 4.90 Å². The Labute approximate surface area is 164 Å². The summed E-state index contributed by atoms with van der Waals surface area (Å²) in [4.78, 5) is 41.5. The summed E-state index contributed by atoms with van der Waals surface area (Å²) in [5.74, 6) is -1.78. The van der Waals surface area contributed by atoms with Crippen molar-refractivity contribution < 1.29 is 14.4 Å². The maximum Gasteiger partial charge on any atom is 0.239 e. The second-order valence-corrected chi connectivity index (χ2v) is 7.23. The number of imide groups is 1. The molecule has 0 spiro atoms. The summed E-state index contributed by atoms with van der Waals surface area (Å²) in [7, 11) is 0. The summed E-state index contributed by atoms with van der Waals surface area (Å²) in [6, 6.07) is 17.9. The van der Waals surface area contributed by atoms with E-state index in [-0.39, 0.29) is 17.9 Å². The van der Waals surface area contributed by atoms with E-state index in [1.54, 1.807) is 30.3 Å². The quantitative estimate of drug-likeness (QED) is 0.443.